The maximum atomic E-state index is 9.91. The molecule has 2 aromatic carbocycles. The summed E-state index contributed by atoms with van der Waals surface area (Å²) in [6, 6.07) is 15.9. The molecule has 0 aromatic heterocycles. The van der Waals surface area contributed by atoms with E-state index in [0.717, 1.165) is 17.5 Å². The smallest absolute Gasteiger partial charge is 0.123 e. The molecule has 0 unspecified atom stereocenters. The van der Waals surface area contributed by atoms with Gasteiger partial charge in [-0.25, -0.2) is 0 Å². The molecule has 88 valence electrons. The molecule has 2 aromatic rings. The highest BCUT2D eigenvalue weighted by Gasteiger charge is 2.07. The van der Waals surface area contributed by atoms with Crippen molar-refractivity contribution in [2.45, 2.75) is 26.2 Å². The number of aromatic hydroxyl groups is 1. The van der Waals surface area contributed by atoms with Gasteiger partial charge in [-0.1, -0.05) is 55.8 Å². The molecule has 0 radical (unpaired) electrons. The topological polar surface area (TPSA) is 20.2 Å². The Morgan fingerprint density at radius 2 is 1.53 bits per heavy atom. The minimum Gasteiger partial charge on any atom is -0.507 e. The van der Waals surface area contributed by atoms with Gasteiger partial charge >= 0.3 is 0 Å². The quantitative estimate of drug-likeness (QED) is 0.819. The first-order chi connectivity index (χ1) is 8.33. The van der Waals surface area contributed by atoms with Gasteiger partial charge in [-0.15, -0.1) is 0 Å². The van der Waals surface area contributed by atoms with Crippen LogP contribution in [-0.2, 0) is 6.42 Å². The fourth-order valence-electron chi connectivity index (χ4n) is 2.07. The van der Waals surface area contributed by atoms with E-state index < -0.39 is 0 Å². The summed E-state index contributed by atoms with van der Waals surface area (Å²) in [5.41, 5.74) is 3.40. The van der Waals surface area contributed by atoms with Crippen LogP contribution in [0.25, 0.3) is 11.1 Å². The van der Waals surface area contributed by atoms with Gasteiger partial charge in [0.1, 0.15) is 5.75 Å². The van der Waals surface area contributed by atoms with Crippen molar-refractivity contribution in [1.29, 1.82) is 0 Å². The second-order valence-electron chi connectivity index (χ2n) is 4.28. The van der Waals surface area contributed by atoms with Gasteiger partial charge in [0.25, 0.3) is 0 Å². The van der Waals surface area contributed by atoms with E-state index in [-0.39, 0.29) is 0 Å². The van der Waals surface area contributed by atoms with Crippen molar-refractivity contribution < 1.29 is 5.11 Å². The average molecular weight is 226 g/mol. The normalized spacial score (nSPS) is 10.4. The van der Waals surface area contributed by atoms with Gasteiger partial charge in [0.15, 0.2) is 0 Å². The SMILES string of the molecule is CCCCc1ccccc1-c1ccccc1O. The molecule has 0 saturated carbocycles. The first-order valence-electron chi connectivity index (χ1n) is 6.19. The van der Waals surface area contributed by atoms with Crippen molar-refractivity contribution in [1.82, 2.24) is 0 Å². The summed E-state index contributed by atoms with van der Waals surface area (Å²) in [7, 11) is 0. The summed E-state index contributed by atoms with van der Waals surface area (Å²) in [4.78, 5) is 0. The third-order valence-electron chi connectivity index (χ3n) is 3.01. The van der Waals surface area contributed by atoms with Crippen molar-refractivity contribution in [3.63, 3.8) is 0 Å². The van der Waals surface area contributed by atoms with Crippen LogP contribution < -0.4 is 0 Å². The summed E-state index contributed by atoms with van der Waals surface area (Å²) < 4.78 is 0. The van der Waals surface area contributed by atoms with E-state index in [0.29, 0.717) is 5.75 Å². The lowest BCUT2D eigenvalue weighted by Crippen LogP contribution is -1.90. The van der Waals surface area contributed by atoms with Gasteiger partial charge < -0.3 is 5.11 Å². The molecular formula is C16H18O. The molecule has 0 aliphatic rings. The molecule has 1 nitrogen and oxygen atoms in total. The zero-order chi connectivity index (χ0) is 12.1. The monoisotopic (exact) mass is 226 g/mol. The second-order valence-corrected chi connectivity index (χ2v) is 4.28. The molecule has 0 bridgehead atoms. The number of aryl methyl sites for hydroxylation is 1. The highest BCUT2D eigenvalue weighted by molar-refractivity contribution is 5.72. The molecule has 1 heteroatoms. The molecule has 0 heterocycles. The van der Waals surface area contributed by atoms with Gasteiger partial charge in [-0.2, -0.15) is 0 Å². The number of hydrogen-bond donors (Lipinski definition) is 1. The largest absolute Gasteiger partial charge is 0.507 e. The summed E-state index contributed by atoms with van der Waals surface area (Å²) >= 11 is 0. The Balaban J connectivity index is 2.41. The van der Waals surface area contributed by atoms with Crippen LogP contribution in [0.5, 0.6) is 5.75 Å². The molecule has 0 atom stereocenters. The van der Waals surface area contributed by atoms with Crippen LogP contribution in [0.3, 0.4) is 0 Å². The van der Waals surface area contributed by atoms with Gasteiger partial charge in [0.05, 0.1) is 0 Å². The predicted octanol–water partition coefficient (Wildman–Crippen LogP) is 4.40. The number of benzene rings is 2. The number of phenols is 1. The van der Waals surface area contributed by atoms with E-state index in [1.165, 1.54) is 18.4 Å². The molecule has 0 saturated heterocycles. The van der Waals surface area contributed by atoms with Crippen LogP contribution in [0, 0.1) is 0 Å². The van der Waals surface area contributed by atoms with Gasteiger partial charge in [0, 0.05) is 5.56 Å². The van der Waals surface area contributed by atoms with Crippen LogP contribution in [0.15, 0.2) is 48.5 Å². The van der Waals surface area contributed by atoms with E-state index in [4.69, 9.17) is 0 Å². The Labute approximate surface area is 103 Å². The van der Waals surface area contributed by atoms with Crippen molar-refractivity contribution in [3.05, 3.63) is 54.1 Å². The summed E-state index contributed by atoms with van der Waals surface area (Å²) in [6.07, 6.45) is 3.45. The molecule has 0 fully saturated rings. The molecular weight excluding hydrogens is 208 g/mol. The van der Waals surface area contributed by atoms with Crippen LogP contribution in [0.2, 0.25) is 0 Å². The minimum absolute atomic E-state index is 0.358. The number of phenolic OH excluding ortho intramolecular Hbond substituents is 1. The number of rotatable bonds is 4. The van der Waals surface area contributed by atoms with E-state index in [1.54, 1.807) is 6.07 Å². The van der Waals surface area contributed by atoms with Gasteiger partial charge in [-0.05, 0) is 30.0 Å². The Morgan fingerprint density at radius 3 is 2.24 bits per heavy atom. The van der Waals surface area contributed by atoms with Crippen LogP contribution >= 0.6 is 0 Å². The Hall–Kier alpha value is -1.76. The maximum absolute atomic E-state index is 9.91. The van der Waals surface area contributed by atoms with Crippen molar-refractivity contribution in [3.8, 4) is 16.9 Å². The lowest BCUT2D eigenvalue weighted by molar-refractivity contribution is 0.477. The van der Waals surface area contributed by atoms with Gasteiger partial charge in [-0.3, -0.25) is 0 Å². The fraction of sp³-hybridized carbons (Fsp3) is 0.250. The highest BCUT2D eigenvalue weighted by Crippen LogP contribution is 2.31. The first-order valence-corrected chi connectivity index (χ1v) is 6.19. The summed E-state index contributed by atoms with van der Waals surface area (Å²) in [5.74, 6) is 0.358. The van der Waals surface area contributed by atoms with Crippen molar-refractivity contribution >= 4 is 0 Å². The maximum Gasteiger partial charge on any atom is 0.123 e. The zero-order valence-electron chi connectivity index (χ0n) is 10.2. The average Bonchev–Trinajstić information content (AvgIpc) is 2.37. The number of unbranched alkanes of at least 4 members (excludes halogenated alkanes) is 1. The number of para-hydroxylation sites is 1. The van der Waals surface area contributed by atoms with Crippen LogP contribution in [0.4, 0.5) is 0 Å². The van der Waals surface area contributed by atoms with Crippen molar-refractivity contribution in [2.24, 2.45) is 0 Å². The van der Waals surface area contributed by atoms with E-state index in [2.05, 4.69) is 25.1 Å². The lowest BCUT2D eigenvalue weighted by atomic mass is 9.96. The summed E-state index contributed by atoms with van der Waals surface area (Å²) in [6.45, 7) is 2.20. The molecule has 0 spiro atoms. The van der Waals surface area contributed by atoms with Crippen molar-refractivity contribution in [2.75, 3.05) is 0 Å². The molecule has 0 aliphatic carbocycles. The first kappa shape index (κ1) is 11.7. The Morgan fingerprint density at radius 1 is 0.882 bits per heavy atom. The third-order valence-corrected chi connectivity index (χ3v) is 3.01. The Kier molecular flexibility index (Phi) is 3.81. The molecule has 0 amide bonds. The van der Waals surface area contributed by atoms with E-state index >= 15 is 0 Å². The third kappa shape index (κ3) is 2.68. The van der Waals surface area contributed by atoms with Crippen LogP contribution in [-0.4, -0.2) is 5.11 Å². The standard InChI is InChI=1S/C16H18O/c1-2-3-8-13-9-4-5-10-14(13)15-11-6-7-12-16(15)17/h4-7,9-12,17H,2-3,8H2,1H3. The lowest BCUT2D eigenvalue weighted by Gasteiger charge is -2.10. The molecule has 1 N–H and O–H groups in total. The second kappa shape index (κ2) is 5.53. The highest BCUT2D eigenvalue weighted by atomic mass is 16.3. The fourth-order valence-corrected chi connectivity index (χ4v) is 2.07. The minimum atomic E-state index is 0.358. The molecule has 17 heavy (non-hydrogen) atoms. The number of hydrogen-bond acceptors (Lipinski definition) is 1. The van der Waals surface area contributed by atoms with E-state index in [1.807, 2.05) is 24.3 Å². The summed E-state index contributed by atoms with van der Waals surface area (Å²) in [5, 5.41) is 9.91. The molecule has 0 aliphatic heterocycles. The zero-order valence-corrected chi connectivity index (χ0v) is 10.2. The molecule has 2 rings (SSSR count). The van der Waals surface area contributed by atoms with E-state index in [9.17, 15) is 5.11 Å². The Bertz CT molecular complexity index is 488. The van der Waals surface area contributed by atoms with Crippen LogP contribution in [0.1, 0.15) is 25.3 Å². The predicted molar refractivity (Wildman–Crippen MR) is 72.2 cm³/mol. The van der Waals surface area contributed by atoms with Gasteiger partial charge in [0.2, 0.25) is 0 Å².